The first-order chi connectivity index (χ1) is 16.3. The maximum absolute atomic E-state index is 4.87. The SMILES string of the molecule is CCNCc1cncc(-c2cnc3[nH]nc(-c4nc5c(-c6cccs6)nccc5[nH]4)c3c2)c1. The summed E-state index contributed by atoms with van der Waals surface area (Å²) in [6.07, 6.45) is 7.39. The maximum atomic E-state index is 4.87. The molecule has 0 aliphatic heterocycles. The highest BCUT2D eigenvalue weighted by Gasteiger charge is 2.17. The number of hydrogen-bond acceptors (Lipinski definition) is 7. The fourth-order valence-electron chi connectivity index (χ4n) is 3.89. The summed E-state index contributed by atoms with van der Waals surface area (Å²) in [5.41, 5.74) is 7.18. The summed E-state index contributed by atoms with van der Waals surface area (Å²) in [7, 11) is 0. The van der Waals surface area contributed by atoms with E-state index in [-0.39, 0.29) is 0 Å². The van der Waals surface area contributed by atoms with Crippen molar-refractivity contribution in [3.05, 3.63) is 66.1 Å². The Morgan fingerprint density at radius 2 is 1.97 bits per heavy atom. The topological polar surface area (TPSA) is 108 Å². The zero-order valence-corrected chi connectivity index (χ0v) is 18.6. The first kappa shape index (κ1) is 19.7. The van der Waals surface area contributed by atoms with Crippen molar-refractivity contribution < 1.29 is 0 Å². The molecule has 6 aromatic heterocycles. The molecule has 0 aromatic carbocycles. The number of H-pyrrole nitrogens is 2. The van der Waals surface area contributed by atoms with Crippen molar-refractivity contribution in [2.24, 2.45) is 0 Å². The number of aromatic nitrogens is 7. The van der Waals surface area contributed by atoms with Gasteiger partial charge in [-0.05, 0) is 41.8 Å². The van der Waals surface area contributed by atoms with E-state index < -0.39 is 0 Å². The summed E-state index contributed by atoms with van der Waals surface area (Å²) in [6, 6.07) is 10.2. The smallest absolute Gasteiger partial charge is 0.159 e. The van der Waals surface area contributed by atoms with Gasteiger partial charge in [0.15, 0.2) is 11.5 Å². The minimum absolute atomic E-state index is 0.681. The van der Waals surface area contributed by atoms with E-state index in [4.69, 9.17) is 4.98 Å². The van der Waals surface area contributed by atoms with Crippen LogP contribution in [0.5, 0.6) is 0 Å². The third-order valence-corrected chi connectivity index (χ3v) is 6.38. The van der Waals surface area contributed by atoms with Crippen molar-refractivity contribution in [2.75, 3.05) is 6.54 Å². The number of thiophene rings is 1. The van der Waals surface area contributed by atoms with Gasteiger partial charge in [0.05, 0.1) is 15.8 Å². The molecule has 33 heavy (non-hydrogen) atoms. The molecule has 162 valence electrons. The Kier molecular flexibility index (Phi) is 4.89. The number of aromatic amines is 2. The van der Waals surface area contributed by atoms with Crippen LogP contribution >= 0.6 is 11.3 Å². The second-order valence-electron chi connectivity index (χ2n) is 7.67. The van der Waals surface area contributed by atoms with Crippen LogP contribution in [-0.2, 0) is 6.54 Å². The van der Waals surface area contributed by atoms with E-state index >= 15 is 0 Å². The van der Waals surface area contributed by atoms with Crippen LogP contribution in [0.15, 0.2) is 60.5 Å². The van der Waals surface area contributed by atoms with Crippen LogP contribution in [-0.4, -0.2) is 41.7 Å². The first-order valence-electron chi connectivity index (χ1n) is 10.7. The van der Waals surface area contributed by atoms with Gasteiger partial charge in [0, 0.05) is 42.5 Å². The number of rotatable bonds is 6. The molecule has 0 amide bonds. The van der Waals surface area contributed by atoms with Crippen LogP contribution in [0.25, 0.3) is 55.3 Å². The molecule has 0 saturated carbocycles. The fourth-order valence-corrected chi connectivity index (χ4v) is 4.62. The minimum atomic E-state index is 0.681. The third-order valence-electron chi connectivity index (χ3n) is 5.50. The molecule has 0 unspecified atom stereocenters. The zero-order chi connectivity index (χ0) is 22.2. The Bertz CT molecular complexity index is 1560. The second kappa shape index (κ2) is 8.19. The van der Waals surface area contributed by atoms with Crippen molar-refractivity contribution in [2.45, 2.75) is 13.5 Å². The molecular formula is C24H20N8S. The van der Waals surface area contributed by atoms with Crippen LogP contribution in [0.2, 0.25) is 0 Å². The molecule has 0 radical (unpaired) electrons. The van der Waals surface area contributed by atoms with E-state index in [1.807, 2.05) is 36.1 Å². The Labute approximate surface area is 193 Å². The van der Waals surface area contributed by atoms with Gasteiger partial charge in [0.2, 0.25) is 0 Å². The standard InChI is InChI=1S/C24H20N8S/c1-2-25-10-14-8-15(12-26-11-14)16-9-17-20(31-32-23(17)28-13-16)24-29-18-5-6-27-22(21(18)30-24)19-4-3-7-33-19/h3-9,11-13,25H,2,10H2,1H3,(H,29,30)(H,28,31,32). The van der Waals surface area contributed by atoms with Crippen molar-refractivity contribution in [1.82, 2.24) is 40.4 Å². The van der Waals surface area contributed by atoms with Crippen LogP contribution < -0.4 is 5.32 Å². The second-order valence-corrected chi connectivity index (χ2v) is 8.62. The Morgan fingerprint density at radius 1 is 1.03 bits per heavy atom. The molecule has 0 bridgehead atoms. The van der Waals surface area contributed by atoms with Gasteiger partial charge in [-0.2, -0.15) is 5.10 Å². The molecule has 0 atom stereocenters. The van der Waals surface area contributed by atoms with Gasteiger partial charge >= 0.3 is 0 Å². The van der Waals surface area contributed by atoms with E-state index in [1.165, 1.54) is 0 Å². The lowest BCUT2D eigenvalue weighted by Gasteiger charge is -2.05. The average Bonchev–Trinajstić information content (AvgIpc) is 3.61. The largest absolute Gasteiger partial charge is 0.336 e. The summed E-state index contributed by atoms with van der Waals surface area (Å²) in [6.45, 7) is 3.79. The van der Waals surface area contributed by atoms with Gasteiger partial charge in [-0.25, -0.2) is 9.97 Å². The lowest BCUT2D eigenvalue weighted by Crippen LogP contribution is -2.11. The van der Waals surface area contributed by atoms with Gasteiger partial charge in [-0.1, -0.05) is 13.0 Å². The minimum Gasteiger partial charge on any atom is -0.336 e. The van der Waals surface area contributed by atoms with Crippen molar-refractivity contribution >= 4 is 33.4 Å². The quantitative estimate of drug-likeness (QED) is 0.335. The van der Waals surface area contributed by atoms with Crippen molar-refractivity contribution in [3.8, 4) is 33.2 Å². The van der Waals surface area contributed by atoms with Gasteiger partial charge in [0.1, 0.15) is 16.9 Å². The molecule has 8 nitrogen and oxygen atoms in total. The van der Waals surface area contributed by atoms with Crippen LogP contribution in [0.1, 0.15) is 12.5 Å². The molecule has 3 N–H and O–H groups in total. The van der Waals surface area contributed by atoms with E-state index in [0.29, 0.717) is 11.5 Å². The Hall–Kier alpha value is -3.95. The monoisotopic (exact) mass is 452 g/mol. The summed E-state index contributed by atoms with van der Waals surface area (Å²) in [4.78, 5) is 22.9. The molecule has 9 heteroatoms. The number of pyridine rings is 3. The molecule has 6 aromatic rings. The summed E-state index contributed by atoms with van der Waals surface area (Å²) in [5.74, 6) is 0.681. The van der Waals surface area contributed by atoms with Crippen LogP contribution in [0, 0.1) is 0 Å². The predicted molar refractivity (Wildman–Crippen MR) is 131 cm³/mol. The summed E-state index contributed by atoms with van der Waals surface area (Å²) >= 11 is 1.65. The molecular weight excluding hydrogens is 432 g/mol. The van der Waals surface area contributed by atoms with E-state index in [0.717, 1.165) is 62.5 Å². The van der Waals surface area contributed by atoms with Crippen molar-refractivity contribution in [3.63, 3.8) is 0 Å². The predicted octanol–water partition coefficient (Wildman–Crippen LogP) is 4.80. The fraction of sp³-hybridized carbons (Fsp3) is 0.125. The molecule has 0 saturated heterocycles. The highest BCUT2D eigenvalue weighted by atomic mass is 32.1. The number of nitrogens with one attached hydrogen (secondary N) is 3. The summed E-state index contributed by atoms with van der Waals surface area (Å²) in [5, 5.41) is 13.8. The van der Waals surface area contributed by atoms with Gasteiger partial charge in [-0.15, -0.1) is 11.3 Å². The highest BCUT2D eigenvalue weighted by molar-refractivity contribution is 7.13. The number of hydrogen-bond donors (Lipinski definition) is 3. The molecule has 0 spiro atoms. The van der Waals surface area contributed by atoms with E-state index in [9.17, 15) is 0 Å². The first-order valence-corrected chi connectivity index (χ1v) is 11.6. The normalized spacial score (nSPS) is 11.5. The van der Waals surface area contributed by atoms with E-state index in [1.54, 1.807) is 17.5 Å². The molecule has 6 rings (SSSR count). The van der Waals surface area contributed by atoms with Crippen molar-refractivity contribution in [1.29, 1.82) is 0 Å². The third kappa shape index (κ3) is 3.57. The molecule has 0 fully saturated rings. The van der Waals surface area contributed by atoms with Crippen LogP contribution in [0.3, 0.4) is 0 Å². The number of nitrogens with zero attached hydrogens (tertiary/aromatic N) is 5. The maximum Gasteiger partial charge on any atom is 0.159 e. The van der Waals surface area contributed by atoms with Crippen LogP contribution in [0.4, 0.5) is 0 Å². The number of imidazole rings is 1. The Morgan fingerprint density at radius 3 is 2.85 bits per heavy atom. The lowest BCUT2D eigenvalue weighted by atomic mass is 10.1. The summed E-state index contributed by atoms with van der Waals surface area (Å²) < 4.78 is 0. The highest BCUT2D eigenvalue weighted by Crippen LogP contribution is 2.32. The van der Waals surface area contributed by atoms with Gasteiger partial charge < -0.3 is 10.3 Å². The zero-order valence-electron chi connectivity index (χ0n) is 17.8. The van der Waals surface area contributed by atoms with E-state index in [2.05, 4.69) is 60.6 Å². The van der Waals surface area contributed by atoms with Gasteiger partial charge in [0.25, 0.3) is 0 Å². The van der Waals surface area contributed by atoms with Gasteiger partial charge in [-0.3, -0.25) is 15.1 Å². The average molecular weight is 453 g/mol. The molecule has 0 aliphatic carbocycles. The molecule has 0 aliphatic rings. The number of fused-ring (bicyclic) bond motifs is 2. The lowest BCUT2D eigenvalue weighted by molar-refractivity contribution is 0.724. The Balaban J connectivity index is 1.44. The molecule has 6 heterocycles.